The van der Waals surface area contributed by atoms with E-state index >= 15 is 0 Å². The van der Waals surface area contributed by atoms with Crippen molar-refractivity contribution in [2.45, 2.75) is 39.3 Å². The smallest absolute Gasteiger partial charge is 0.244 e. The zero-order chi connectivity index (χ0) is 16.0. The summed E-state index contributed by atoms with van der Waals surface area (Å²) in [7, 11) is 1.81. The second kappa shape index (κ2) is 5.57. The van der Waals surface area contributed by atoms with Gasteiger partial charge in [-0.15, -0.1) is 0 Å². The van der Waals surface area contributed by atoms with Crippen molar-refractivity contribution < 1.29 is 9.59 Å². The largest absolute Gasteiger partial charge is 0.343 e. The molecule has 0 radical (unpaired) electrons. The highest BCUT2D eigenvalue weighted by molar-refractivity contribution is 6.31. The Bertz CT molecular complexity index is 627. The number of piperidine rings is 1. The minimum Gasteiger partial charge on any atom is -0.343 e. The molecule has 0 aromatic carbocycles. The number of aromatic nitrogens is 2. The first-order valence-corrected chi connectivity index (χ1v) is 8.02. The number of aryl methyl sites for hydroxylation is 1. The van der Waals surface area contributed by atoms with Gasteiger partial charge in [0.25, 0.3) is 0 Å². The van der Waals surface area contributed by atoms with E-state index in [4.69, 9.17) is 11.6 Å². The standard InChI is InChI=1S/C15H21ClN4O2/c1-9-14(16)10(2)20(17-9)8-13(21)19-6-4-5-11-12(19)7-18(3)15(11)22/h11-12H,4-8H2,1-3H3/t11-,12-/m1/s1. The number of carbonyl (C=O) groups is 2. The average molecular weight is 325 g/mol. The Morgan fingerprint density at radius 2 is 2.14 bits per heavy atom. The van der Waals surface area contributed by atoms with Crippen LogP contribution in [0, 0.1) is 19.8 Å². The Labute approximate surface area is 135 Å². The summed E-state index contributed by atoms with van der Waals surface area (Å²) < 4.78 is 1.66. The Kier molecular flexibility index (Phi) is 3.89. The molecule has 120 valence electrons. The van der Waals surface area contributed by atoms with Crippen LogP contribution in [-0.4, -0.2) is 57.6 Å². The summed E-state index contributed by atoms with van der Waals surface area (Å²) in [6.07, 6.45) is 1.76. The Hall–Kier alpha value is -1.56. The maximum Gasteiger partial charge on any atom is 0.244 e. The molecular formula is C15H21ClN4O2. The van der Waals surface area contributed by atoms with E-state index in [1.54, 1.807) is 9.58 Å². The van der Waals surface area contributed by atoms with Crippen LogP contribution in [0.4, 0.5) is 0 Å². The fourth-order valence-corrected chi connectivity index (χ4v) is 3.72. The van der Waals surface area contributed by atoms with Crippen LogP contribution < -0.4 is 0 Å². The lowest BCUT2D eigenvalue weighted by Gasteiger charge is -2.36. The predicted octanol–water partition coefficient (Wildman–Crippen LogP) is 1.23. The van der Waals surface area contributed by atoms with Gasteiger partial charge in [-0.25, -0.2) is 0 Å². The van der Waals surface area contributed by atoms with Gasteiger partial charge >= 0.3 is 0 Å². The molecule has 3 heterocycles. The van der Waals surface area contributed by atoms with Crippen LogP contribution in [0.25, 0.3) is 0 Å². The average Bonchev–Trinajstić information content (AvgIpc) is 2.91. The SMILES string of the molecule is Cc1nn(CC(=O)N2CCC[C@H]3C(=O)N(C)C[C@H]32)c(C)c1Cl. The van der Waals surface area contributed by atoms with Gasteiger partial charge in [-0.2, -0.15) is 5.10 Å². The summed E-state index contributed by atoms with van der Waals surface area (Å²) in [6, 6.07) is 0.00573. The van der Waals surface area contributed by atoms with Gasteiger partial charge in [0, 0.05) is 20.1 Å². The number of halogens is 1. The van der Waals surface area contributed by atoms with Crippen LogP contribution in [0.1, 0.15) is 24.2 Å². The highest BCUT2D eigenvalue weighted by Gasteiger charge is 2.45. The van der Waals surface area contributed by atoms with Gasteiger partial charge in [-0.1, -0.05) is 11.6 Å². The number of fused-ring (bicyclic) bond motifs is 1. The number of carbonyl (C=O) groups excluding carboxylic acids is 2. The Morgan fingerprint density at radius 3 is 2.77 bits per heavy atom. The lowest BCUT2D eigenvalue weighted by molar-refractivity contribution is -0.137. The van der Waals surface area contributed by atoms with Crippen molar-refractivity contribution in [1.29, 1.82) is 0 Å². The van der Waals surface area contributed by atoms with Crippen molar-refractivity contribution in [2.24, 2.45) is 5.92 Å². The molecule has 22 heavy (non-hydrogen) atoms. The molecule has 3 rings (SSSR count). The van der Waals surface area contributed by atoms with Gasteiger partial charge in [0.1, 0.15) is 6.54 Å². The third-order valence-electron chi connectivity index (χ3n) is 4.83. The van der Waals surface area contributed by atoms with Crippen LogP contribution in [0.5, 0.6) is 0 Å². The van der Waals surface area contributed by atoms with Crippen LogP contribution in [0.15, 0.2) is 0 Å². The van der Waals surface area contributed by atoms with Crippen molar-refractivity contribution in [3.63, 3.8) is 0 Å². The molecular weight excluding hydrogens is 304 g/mol. The van der Waals surface area contributed by atoms with Crippen molar-refractivity contribution in [3.8, 4) is 0 Å². The lowest BCUT2D eigenvalue weighted by atomic mass is 9.91. The third-order valence-corrected chi connectivity index (χ3v) is 5.38. The van der Waals surface area contributed by atoms with Crippen molar-refractivity contribution >= 4 is 23.4 Å². The maximum atomic E-state index is 12.7. The van der Waals surface area contributed by atoms with Gasteiger partial charge in [0.15, 0.2) is 0 Å². The van der Waals surface area contributed by atoms with E-state index in [1.807, 2.05) is 25.8 Å². The second-order valence-electron chi connectivity index (χ2n) is 6.26. The van der Waals surface area contributed by atoms with Crippen molar-refractivity contribution in [3.05, 3.63) is 16.4 Å². The van der Waals surface area contributed by atoms with E-state index in [0.29, 0.717) is 18.1 Å². The summed E-state index contributed by atoms with van der Waals surface area (Å²) in [6.45, 7) is 5.22. The number of amides is 2. The first-order valence-electron chi connectivity index (χ1n) is 7.64. The van der Waals surface area contributed by atoms with Crippen LogP contribution in [0.2, 0.25) is 5.02 Å². The molecule has 0 spiro atoms. The topological polar surface area (TPSA) is 58.4 Å². The molecule has 2 aliphatic rings. The molecule has 0 unspecified atom stereocenters. The number of likely N-dealkylation sites (N-methyl/N-ethyl adjacent to an activating group) is 1. The third kappa shape index (κ3) is 2.39. The minimum absolute atomic E-state index is 0.00573. The molecule has 7 heteroatoms. The Morgan fingerprint density at radius 1 is 1.41 bits per heavy atom. The number of rotatable bonds is 2. The number of likely N-dealkylation sites (tertiary alicyclic amines) is 2. The van der Waals surface area contributed by atoms with E-state index in [0.717, 1.165) is 24.2 Å². The molecule has 1 aromatic rings. The molecule has 0 saturated carbocycles. The minimum atomic E-state index is -0.0354. The van der Waals surface area contributed by atoms with Crippen molar-refractivity contribution in [2.75, 3.05) is 20.1 Å². The van der Waals surface area contributed by atoms with Gasteiger partial charge < -0.3 is 9.80 Å². The van der Waals surface area contributed by atoms with E-state index < -0.39 is 0 Å². The first kappa shape index (κ1) is 15.3. The Balaban J connectivity index is 1.77. The predicted molar refractivity (Wildman–Crippen MR) is 82.6 cm³/mol. The fourth-order valence-electron chi connectivity index (χ4n) is 3.58. The van der Waals surface area contributed by atoms with E-state index in [1.165, 1.54) is 0 Å². The summed E-state index contributed by atoms with van der Waals surface area (Å²) in [5.41, 5.74) is 1.54. The highest BCUT2D eigenvalue weighted by Crippen LogP contribution is 2.31. The van der Waals surface area contributed by atoms with Gasteiger partial charge in [0.05, 0.1) is 28.4 Å². The zero-order valence-electron chi connectivity index (χ0n) is 13.2. The van der Waals surface area contributed by atoms with Gasteiger partial charge in [-0.3, -0.25) is 14.3 Å². The first-order chi connectivity index (χ1) is 10.4. The van der Waals surface area contributed by atoms with Crippen LogP contribution in [0.3, 0.4) is 0 Å². The fraction of sp³-hybridized carbons (Fsp3) is 0.667. The van der Waals surface area contributed by atoms with Crippen LogP contribution >= 0.6 is 11.6 Å². The van der Waals surface area contributed by atoms with Crippen LogP contribution in [-0.2, 0) is 16.1 Å². The molecule has 0 N–H and O–H groups in total. The molecule has 2 atom stereocenters. The quantitative estimate of drug-likeness (QED) is 0.822. The molecule has 2 fully saturated rings. The lowest BCUT2D eigenvalue weighted by Crippen LogP contribution is -2.49. The zero-order valence-corrected chi connectivity index (χ0v) is 13.9. The summed E-state index contributed by atoms with van der Waals surface area (Å²) in [4.78, 5) is 28.4. The van der Waals surface area contributed by atoms with E-state index in [2.05, 4.69) is 5.10 Å². The summed E-state index contributed by atoms with van der Waals surface area (Å²) in [5.74, 6) is 0.142. The summed E-state index contributed by atoms with van der Waals surface area (Å²) in [5, 5.41) is 4.93. The highest BCUT2D eigenvalue weighted by atomic mass is 35.5. The number of hydrogen-bond acceptors (Lipinski definition) is 3. The molecule has 2 amide bonds. The molecule has 0 bridgehead atoms. The second-order valence-corrected chi connectivity index (χ2v) is 6.64. The molecule has 1 aromatic heterocycles. The summed E-state index contributed by atoms with van der Waals surface area (Å²) >= 11 is 6.14. The molecule has 2 saturated heterocycles. The molecule has 0 aliphatic carbocycles. The van der Waals surface area contributed by atoms with Gasteiger partial charge in [0.2, 0.25) is 11.8 Å². The van der Waals surface area contributed by atoms with E-state index in [9.17, 15) is 9.59 Å². The normalized spacial score (nSPS) is 24.8. The van der Waals surface area contributed by atoms with E-state index in [-0.39, 0.29) is 30.3 Å². The monoisotopic (exact) mass is 324 g/mol. The number of nitrogens with zero attached hydrogens (tertiary/aromatic N) is 4. The molecule has 6 nitrogen and oxygen atoms in total. The number of hydrogen-bond donors (Lipinski definition) is 0. The maximum absolute atomic E-state index is 12.7. The molecule has 2 aliphatic heterocycles. The van der Waals surface area contributed by atoms with Gasteiger partial charge in [-0.05, 0) is 26.7 Å². The van der Waals surface area contributed by atoms with Crippen molar-refractivity contribution in [1.82, 2.24) is 19.6 Å².